The summed E-state index contributed by atoms with van der Waals surface area (Å²) in [4.78, 5) is 2.02. The number of nitrogens with zero attached hydrogens (tertiary/aromatic N) is 1. The molecule has 11 heavy (non-hydrogen) atoms. The Morgan fingerprint density at radius 2 is 2.36 bits per heavy atom. The Morgan fingerprint density at radius 1 is 1.64 bits per heavy atom. The molecule has 0 saturated carbocycles. The third-order valence-electron chi connectivity index (χ3n) is 2.21. The number of piperidine rings is 1. The van der Waals surface area contributed by atoms with Crippen LogP contribution in [0.15, 0.2) is 0 Å². The lowest BCUT2D eigenvalue weighted by Gasteiger charge is -2.33. The Labute approximate surface area is 70.1 Å². The minimum atomic E-state index is -1.91. The van der Waals surface area contributed by atoms with Gasteiger partial charge in [-0.15, -0.1) is 0 Å². The topological polar surface area (TPSA) is 43.4 Å². The summed E-state index contributed by atoms with van der Waals surface area (Å²) in [6.45, 7) is 3.03. The molecular formula is C7H14NO2S-. The molecule has 0 aliphatic carbocycles. The average Bonchev–Trinajstić information content (AvgIpc) is 1.93. The Hall–Kier alpha value is 0.0700. The maximum atomic E-state index is 10.4. The first-order valence-electron chi connectivity index (χ1n) is 4.00. The van der Waals surface area contributed by atoms with Crippen molar-refractivity contribution in [3.8, 4) is 0 Å². The van der Waals surface area contributed by atoms with Gasteiger partial charge >= 0.3 is 0 Å². The van der Waals surface area contributed by atoms with Gasteiger partial charge in [-0.25, -0.2) is 0 Å². The maximum Gasteiger partial charge on any atom is 0.0615 e. The first-order valence-corrected chi connectivity index (χ1v) is 5.24. The fraction of sp³-hybridized carbons (Fsp3) is 1.00. The van der Waals surface area contributed by atoms with Crippen LogP contribution in [0.25, 0.3) is 0 Å². The van der Waals surface area contributed by atoms with E-state index in [9.17, 15) is 8.76 Å². The molecule has 0 bridgehead atoms. The van der Waals surface area contributed by atoms with Gasteiger partial charge in [0.2, 0.25) is 0 Å². The highest BCUT2D eigenvalue weighted by Crippen LogP contribution is 2.15. The van der Waals surface area contributed by atoms with E-state index in [2.05, 4.69) is 6.92 Å². The lowest BCUT2D eigenvalue weighted by atomic mass is 10.1. The SMILES string of the molecule is CC1CCCCN1CS(=O)[O-]. The molecule has 0 spiro atoms. The third-order valence-corrected chi connectivity index (χ3v) is 2.75. The van der Waals surface area contributed by atoms with E-state index >= 15 is 0 Å². The molecule has 1 heterocycles. The van der Waals surface area contributed by atoms with Gasteiger partial charge in [-0.05, 0) is 37.4 Å². The Bertz CT molecular complexity index is 151. The smallest absolute Gasteiger partial charge is 0.0615 e. The largest absolute Gasteiger partial charge is 0.771 e. The van der Waals surface area contributed by atoms with E-state index in [1.54, 1.807) is 0 Å². The predicted octanol–water partition coefficient (Wildman–Crippen LogP) is 0.697. The van der Waals surface area contributed by atoms with Crippen molar-refractivity contribution in [2.24, 2.45) is 0 Å². The van der Waals surface area contributed by atoms with Gasteiger partial charge in [-0.2, -0.15) is 0 Å². The summed E-state index contributed by atoms with van der Waals surface area (Å²) >= 11 is -1.91. The molecule has 0 N–H and O–H groups in total. The van der Waals surface area contributed by atoms with Crippen LogP contribution in [0.4, 0.5) is 0 Å². The minimum Gasteiger partial charge on any atom is -0.771 e. The maximum absolute atomic E-state index is 10.4. The lowest BCUT2D eigenvalue weighted by Crippen LogP contribution is -2.39. The third kappa shape index (κ3) is 2.89. The van der Waals surface area contributed by atoms with Gasteiger partial charge in [0.1, 0.15) is 0 Å². The van der Waals surface area contributed by atoms with E-state index < -0.39 is 11.1 Å². The van der Waals surface area contributed by atoms with Crippen molar-refractivity contribution in [2.75, 3.05) is 12.4 Å². The quantitative estimate of drug-likeness (QED) is 0.582. The van der Waals surface area contributed by atoms with E-state index in [1.807, 2.05) is 4.90 Å². The van der Waals surface area contributed by atoms with Crippen LogP contribution in [0.5, 0.6) is 0 Å². The van der Waals surface area contributed by atoms with Crippen molar-refractivity contribution in [3.05, 3.63) is 0 Å². The second-order valence-corrected chi connectivity index (χ2v) is 3.96. The van der Waals surface area contributed by atoms with Gasteiger partial charge in [0.15, 0.2) is 0 Å². The van der Waals surface area contributed by atoms with Crippen LogP contribution >= 0.6 is 0 Å². The molecule has 1 saturated heterocycles. The Kier molecular flexibility index (Phi) is 3.48. The van der Waals surface area contributed by atoms with Crippen LogP contribution < -0.4 is 0 Å². The zero-order valence-corrected chi connectivity index (χ0v) is 7.60. The molecule has 1 fully saturated rings. The summed E-state index contributed by atoms with van der Waals surface area (Å²) in [7, 11) is 0. The molecule has 3 nitrogen and oxygen atoms in total. The summed E-state index contributed by atoms with van der Waals surface area (Å²) in [6, 6.07) is 0.446. The predicted molar refractivity (Wildman–Crippen MR) is 43.8 cm³/mol. The van der Waals surface area contributed by atoms with Crippen LogP contribution in [0, 0.1) is 0 Å². The van der Waals surface area contributed by atoms with Gasteiger partial charge in [0.25, 0.3) is 0 Å². The van der Waals surface area contributed by atoms with Crippen LogP contribution in [0.1, 0.15) is 26.2 Å². The lowest BCUT2D eigenvalue weighted by molar-refractivity contribution is 0.186. The van der Waals surface area contributed by atoms with E-state index in [0.717, 1.165) is 19.4 Å². The Balaban J connectivity index is 2.35. The second kappa shape index (κ2) is 4.18. The zero-order valence-electron chi connectivity index (χ0n) is 6.78. The van der Waals surface area contributed by atoms with Crippen LogP contribution in [-0.2, 0) is 11.1 Å². The number of rotatable bonds is 2. The van der Waals surface area contributed by atoms with Crippen molar-refractivity contribution in [2.45, 2.75) is 32.2 Å². The highest BCUT2D eigenvalue weighted by atomic mass is 32.2. The van der Waals surface area contributed by atoms with E-state index in [4.69, 9.17) is 0 Å². The second-order valence-electron chi connectivity index (χ2n) is 3.09. The summed E-state index contributed by atoms with van der Waals surface area (Å²) in [6.07, 6.45) is 3.52. The fourth-order valence-corrected chi connectivity index (χ4v) is 2.14. The van der Waals surface area contributed by atoms with Crippen LogP contribution in [-0.4, -0.2) is 32.1 Å². The van der Waals surface area contributed by atoms with Gasteiger partial charge in [-0.3, -0.25) is 9.11 Å². The molecule has 1 aliphatic heterocycles. The molecule has 2 atom stereocenters. The first kappa shape index (κ1) is 9.16. The molecule has 0 amide bonds. The molecule has 4 heteroatoms. The number of hydrogen-bond donors (Lipinski definition) is 0. The van der Waals surface area contributed by atoms with Gasteiger partial charge in [0, 0.05) is 6.04 Å². The molecule has 0 aromatic rings. The van der Waals surface area contributed by atoms with E-state index in [0.29, 0.717) is 6.04 Å². The summed E-state index contributed by atoms with van der Waals surface area (Å²) in [5.41, 5.74) is 0. The van der Waals surface area contributed by atoms with Crippen molar-refractivity contribution in [1.29, 1.82) is 0 Å². The van der Waals surface area contributed by atoms with Gasteiger partial charge in [0.05, 0.1) is 5.88 Å². The number of hydrogen-bond acceptors (Lipinski definition) is 3. The van der Waals surface area contributed by atoms with E-state index in [-0.39, 0.29) is 5.88 Å². The van der Waals surface area contributed by atoms with Crippen molar-refractivity contribution >= 4 is 11.1 Å². The van der Waals surface area contributed by atoms with Crippen molar-refractivity contribution in [1.82, 2.24) is 4.90 Å². The average molecular weight is 176 g/mol. The van der Waals surface area contributed by atoms with Gasteiger partial charge in [-0.1, -0.05) is 6.42 Å². The number of likely N-dealkylation sites (tertiary alicyclic amines) is 1. The first-order chi connectivity index (χ1) is 5.20. The van der Waals surface area contributed by atoms with E-state index in [1.165, 1.54) is 6.42 Å². The van der Waals surface area contributed by atoms with Crippen LogP contribution in [0.2, 0.25) is 0 Å². The molecule has 1 rings (SSSR count). The van der Waals surface area contributed by atoms with Crippen molar-refractivity contribution in [3.63, 3.8) is 0 Å². The highest BCUT2D eigenvalue weighted by Gasteiger charge is 2.17. The molecule has 2 unspecified atom stereocenters. The monoisotopic (exact) mass is 176 g/mol. The fourth-order valence-electron chi connectivity index (χ4n) is 1.48. The highest BCUT2D eigenvalue weighted by molar-refractivity contribution is 7.79. The summed E-state index contributed by atoms with van der Waals surface area (Å²) in [5, 5.41) is 0. The Morgan fingerprint density at radius 3 is 2.91 bits per heavy atom. The molecule has 0 radical (unpaired) electrons. The minimum absolute atomic E-state index is 0.209. The molecule has 0 aromatic carbocycles. The molecule has 1 aliphatic rings. The molecule has 0 aromatic heterocycles. The standard InChI is InChI=1S/C7H15NO2S/c1-7-4-2-3-5-8(7)6-11(9)10/h7H,2-6H2,1H3,(H,9,10)/p-1. The zero-order chi connectivity index (χ0) is 8.27. The van der Waals surface area contributed by atoms with Crippen LogP contribution in [0.3, 0.4) is 0 Å². The van der Waals surface area contributed by atoms with Crippen molar-refractivity contribution < 1.29 is 8.76 Å². The molecule has 66 valence electrons. The summed E-state index contributed by atoms with van der Waals surface area (Å²) < 4.78 is 20.7. The normalized spacial score (nSPS) is 30.2. The molecular weight excluding hydrogens is 162 g/mol. The van der Waals surface area contributed by atoms with Gasteiger partial charge < -0.3 is 4.55 Å². The summed E-state index contributed by atoms with van der Waals surface area (Å²) in [5.74, 6) is 0.209.